The maximum Gasteiger partial charge on any atom is 0.338 e. The Morgan fingerprint density at radius 1 is 1.14 bits per heavy atom. The van der Waals surface area contributed by atoms with Gasteiger partial charge in [0.1, 0.15) is 12.4 Å². The summed E-state index contributed by atoms with van der Waals surface area (Å²) in [6.07, 6.45) is 2.21. The van der Waals surface area contributed by atoms with Gasteiger partial charge < -0.3 is 19.5 Å². The fourth-order valence-electron chi connectivity index (χ4n) is 2.92. The molecule has 28 heavy (non-hydrogen) atoms. The van der Waals surface area contributed by atoms with Crippen LogP contribution in [0.3, 0.4) is 0 Å². The van der Waals surface area contributed by atoms with Crippen LogP contribution >= 0.6 is 0 Å². The minimum Gasteiger partial charge on any atom is -0.491 e. The van der Waals surface area contributed by atoms with E-state index in [1.165, 1.54) is 0 Å². The molecule has 1 aliphatic heterocycles. The van der Waals surface area contributed by atoms with Crippen molar-refractivity contribution in [3.05, 3.63) is 59.2 Å². The first kappa shape index (κ1) is 19.9. The molecular weight excluding hydrogens is 358 g/mol. The van der Waals surface area contributed by atoms with Crippen LogP contribution in [0.4, 0.5) is 5.69 Å². The molecule has 0 aliphatic carbocycles. The quantitative estimate of drug-likeness (QED) is 0.739. The monoisotopic (exact) mass is 383 g/mol. The molecule has 0 spiro atoms. The van der Waals surface area contributed by atoms with E-state index < -0.39 is 5.97 Å². The second kappa shape index (κ2) is 9.37. The molecule has 6 heteroatoms. The van der Waals surface area contributed by atoms with Crippen LogP contribution in [-0.4, -0.2) is 37.8 Å². The van der Waals surface area contributed by atoms with Gasteiger partial charge >= 0.3 is 5.97 Å². The van der Waals surface area contributed by atoms with Gasteiger partial charge in [0.25, 0.3) is 5.91 Å². The van der Waals surface area contributed by atoms with Crippen LogP contribution in [0, 0.1) is 13.8 Å². The Balaban J connectivity index is 1.46. The lowest BCUT2D eigenvalue weighted by atomic mass is 10.1. The first-order valence-electron chi connectivity index (χ1n) is 9.40. The number of nitrogens with one attached hydrogen (secondary N) is 1. The van der Waals surface area contributed by atoms with E-state index in [9.17, 15) is 9.59 Å². The number of carbonyl (C=O) groups excluding carboxylic acids is 2. The van der Waals surface area contributed by atoms with Gasteiger partial charge in [-0.15, -0.1) is 0 Å². The van der Waals surface area contributed by atoms with Gasteiger partial charge in [-0.2, -0.15) is 0 Å². The van der Waals surface area contributed by atoms with Crippen LogP contribution in [-0.2, 0) is 14.3 Å². The number of aryl methyl sites for hydroxylation is 2. The lowest BCUT2D eigenvalue weighted by Gasteiger charge is -2.12. The SMILES string of the molecule is Cc1ccc(C)c(NC(=O)COC(=O)c2ccc(OC[C@@H]3CCCO3)cc2)c1. The van der Waals surface area contributed by atoms with Gasteiger partial charge in [-0.3, -0.25) is 4.79 Å². The van der Waals surface area contributed by atoms with E-state index in [1.807, 2.05) is 32.0 Å². The van der Waals surface area contributed by atoms with Crippen molar-refractivity contribution >= 4 is 17.6 Å². The Morgan fingerprint density at radius 3 is 2.64 bits per heavy atom. The van der Waals surface area contributed by atoms with Gasteiger partial charge in [0.05, 0.1) is 11.7 Å². The molecule has 1 heterocycles. The van der Waals surface area contributed by atoms with Gasteiger partial charge in [0.15, 0.2) is 6.61 Å². The van der Waals surface area contributed by atoms with Gasteiger partial charge in [-0.05, 0) is 68.1 Å². The predicted octanol–water partition coefficient (Wildman–Crippen LogP) is 3.66. The maximum atomic E-state index is 12.1. The summed E-state index contributed by atoms with van der Waals surface area (Å²) in [4.78, 5) is 24.2. The van der Waals surface area contributed by atoms with Crippen molar-refractivity contribution in [2.45, 2.75) is 32.8 Å². The van der Waals surface area contributed by atoms with Gasteiger partial charge in [-0.25, -0.2) is 4.79 Å². The minimum absolute atomic E-state index is 0.139. The zero-order chi connectivity index (χ0) is 19.9. The summed E-state index contributed by atoms with van der Waals surface area (Å²) >= 11 is 0. The normalized spacial score (nSPS) is 15.9. The summed E-state index contributed by atoms with van der Waals surface area (Å²) in [6.45, 7) is 4.80. The highest BCUT2D eigenvalue weighted by atomic mass is 16.5. The zero-order valence-corrected chi connectivity index (χ0v) is 16.2. The lowest BCUT2D eigenvalue weighted by Crippen LogP contribution is -2.21. The summed E-state index contributed by atoms with van der Waals surface area (Å²) in [5.41, 5.74) is 3.07. The molecular formula is C22H25NO5. The fraction of sp³-hybridized carbons (Fsp3) is 0.364. The first-order valence-corrected chi connectivity index (χ1v) is 9.40. The number of benzene rings is 2. The molecule has 2 aromatic carbocycles. The standard InChI is InChI=1S/C22H25NO5/c1-15-5-6-16(2)20(12-15)23-21(24)14-28-22(25)17-7-9-18(10-8-17)27-13-19-4-3-11-26-19/h5-10,12,19H,3-4,11,13-14H2,1-2H3,(H,23,24)/t19-/m0/s1. The largest absolute Gasteiger partial charge is 0.491 e. The molecule has 1 amide bonds. The first-order chi connectivity index (χ1) is 13.5. The molecule has 6 nitrogen and oxygen atoms in total. The van der Waals surface area contributed by atoms with Gasteiger partial charge in [0, 0.05) is 12.3 Å². The molecule has 1 atom stereocenters. The minimum atomic E-state index is -0.554. The van der Waals surface area contributed by atoms with E-state index in [-0.39, 0.29) is 18.6 Å². The molecule has 0 saturated carbocycles. The fourth-order valence-corrected chi connectivity index (χ4v) is 2.92. The van der Waals surface area contributed by atoms with E-state index in [1.54, 1.807) is 24.3 Å². The number of anilines is 1. The molecule has 0 aromatic heterocycles. The summed E-state index contributed by atoms with van der Waals surface area (Å²) in [5.74, 6) is -0.264. The lowest BCUT2D eigenvalue weighted by molar-refractivity contribution is -0.119. The summed E-state index contributed by atoms with van der Waals surface area (Å²) in [7, 11) is 0. The Kier molecular flexibility index (Phi) is 6.66. The molecule has 2 aromatic rings. The third-order valence-electron chi connectivity index (χ3n) is 4.55. The molecule has 0 unspecified atom stereocenters. The van der Waals surface area contributed by atoms with Crippen LogP contribution in [0.25, 0.3) is 0 Å². The Labute approximate surface area is 164 Å². The number of rotatable bonds is 7. The van der Waals surface area contributed by atoms with E-state index in [2.05, 4.69) is 5.32 Å². The Bertz CT molecular complexity index is 825. The number of hydrogen-bond acceptors (Lipinski definition) is 5. The van der Waals surface area contributed by atoms with Crippen LogP contribution in [0.15, 0.2) is 42.5 Å². The molecule has 0 radical (unpaired) electrons. The molecule has 1 saturated heterocycles. The molecule has 1 fully saturated rings. The molecule has 0 bridgehead atoms. The average Bonchev–Trinajstić information content (AvgIpc) is 3.21. The molecule has 3 rings (SSSR count). The van der Waals surface area contributed by atoms with Gasteiger partial charge in [0.2, 0.25) is 0 Å². The second-order valence-corrected chi connectivity index (χ2v) is 6.91. The van der Waals surface area contributed by atoms with Crippen molar-refractivity contribution in [3.8, 4) is 5.75 Å². The van der Waals surface area contributed by atoms with Crippen molar-refractivity contribution in [1.29, 1.82) is 0 Å². The van der Waals surface area contributed by atoms with E-state index in [0.29, 0.717) is 23.6 Å². The Hall–Kier alpha value is -2.86. The zero-order valence-electron chi connectivity index (χ0n) is 16.2. The number of carbonyl (C=O) groups is 2. The van der Waals surface area contributed by atoms with Gasteiger partial charge in [-0.1, -0.05) is 12.1 Å². The van der Waals surface area contributed by atoms with Crippen LogP contribution in [0.1, 0.15) is 34.3 Å². The van der Waals surface area contributed by atoms with E-state index >= 15 is 0 Å². The Morgan fingerprint density at radius 2 is 1.93 bits per heavy atom. The third-order valence-corrected chi connectivity index (χ3v) is 4.55. The molecule has 1 N–H and O–H groups in total. The van der Waals surface area contributed by atoms with Crippen LogP contribution < -0.4 is 10.1 Å². The van der Waals surface area contributed by atoms with E-state index in [0.717, 1.165) is 30.6 Å². The summed E-state index contributed by atoms with van der Waals surface area (Å²) in [5, 5.41) is 2.76. The summed E-state index contributed by atoms with van der Waals surface area (Å²) < 4.78 is 16.3. The number of hydrogen-bond donors (Lipinski definition) is 1. The predicted molar refractivity (Wildman–Crippen MR) is 106 cm³/mol. The number of ether oxygens (including phenoxy) is 3. The van der Waals surface area contributed by atoms with Crippen molar-refractivity contribution in [2.24, 2.45) is 0 Å². The van der Waals surface area contributed by atoms with Crippen LogP contribution in [0.2, 0.25) is 0 Å². The highest BCUT2D eigenvalue weighted by Gasteiger charge is 2.16. The second-order valence-electron chi connectivity index (χ2n) is 6.91. The molecule has 148 valence electrons. The van der Waals surface area contributed by atoms with Crippen molar-refractivity contribution < 1.29 is 23.8 Å². The number of amides is 1. The van der Waals surface area contributed by atoms with Crippen molar-refractivity contribution in [2.75, 3.05) is 25.1 Å². The smallest absolute Gasteiger partial charge is 0.338 e. The van der Waals surface area contributed by atoms with Crippen molar-refractivity contribution in [3.63, 3.8) is 0 Å². The van der Waals surface area contributed by atoms with Crippen molar-refractivity contribution in [1.82, 2.24) is 0 Å². The molecule has 1 aliphatic rings. The third kappa shape index (κ3) is 5.57. The summed E-state index contributed by atoms with van der Waals surface area (Å²) in [6, 6.07) is 12.4. The number of esters is 1. The average molecular weight is 383 g/mol. The van der Waals surface area contributed by atoms with E-state index in [4.69, 9.17) is 14.2 Å². The topological polar surface area (TPSA) is 73.9 Å². The highest BCUT2D eigenvalue weighted by molar-refractivity contribution is 5.96. The van der Waals surface area contributed by atoms with Crippen LogP contribution in [0.5, 0.6) is 5.75 Å². The maximum absolute atomic E-state index is 12.1. The highest BCUT2D eigenvalue weighted by Crippen LogP contribution is 2.18.